The normalized spacial score (nSPS) is 12.2. The fourth-order valence-corrected chi connectivity index (χ4v) is 2.51. The van der Waals surface area contributed by atoms with E-state index in [2.05, 4.69) is 0 Å². The largest absolute Gasteiger partial charge is 0.494 e. The zero-order valence-electron chi connectivity index (χ0n) is 9.98. The van der Waals surface area contributed by atoms with Crippen LogP contribution in [0.5, 0.6) is 5.75 Å². The molecule has 0 aromatic heterocycles. The molecule has 0 saturated carbocycles. The second kappa shape index (κ2) is 6.80. The SMILES string of the molecule is COc1cc(SCC(C)CCl)c([N+](=O)[O-])cc1F. The highest BCUT2D eigenvalue weighted by Gasteiger charge is 2.19. The second-order valence-corrected chi connectivity index (χ2v) is 5.15. The number of benzene rings is 1. The predicted octanol–water partition coefficient (Wildman–Crippen LogP) is 3.71. The van der Waals surface area contributed by atoms with E-state index in [0.29, 0.717) is 16.5 Å². The van der Waals surface area contributed by atoms with Gasteiger partial charge in [0, 0.05) is 17.7 Å². The third-order valence-corrected chi connectivity index (χ3v) is 4.12. The molecule has 0 aliphatic rings. The van der Waals surface area contributed by atoms with E-state index in [4.69, 9.17) is 16.3 Å². The maximum atomic E-state index is 13.4. The van der Waals surface area contributed by atoms with E-state index >= 15 is 0 Å². The van der Waals surface area contributed by atoms with E-state index in [0.717, 1.165) is 6.07 Å². The van der Waals surface area contributed by atoms with Crippen molar-refractivity contribution in [2.24, 2.45) is 5.92 Å². The molecule has 100 valence electrons. The van der Waals surface area contributed by atoms with E-state index in [1.807, 2.05) is 6.92 Å². The Balaban J connectivity index is 3.02. The van der Waals surface area contributed by atoms with Crippen molar-refractivity contribution in [1.29, 1.82) is 0 Å². The molecule has 0 amide bonds. The second-order valence-electron chi connectivity index (χ2n) is 3.78. The van der Waals surface area contributed by atoms with Gasteiger partial charge in [0.15, 0.2) is 11.6 Å². The van der Waals surface area contributed by atoms with Gasteiger partial charge in [0.1, 0.15) is 0 Å². The van der Waals surface area contributed by atoms with Crippen LogP contribution in [0, 0.1) is 21.8 Å². The zero-order valence-corrected chi connectivity index (χ0v) is 11.6. The summed E-state index contributed by atoms with van der Waals surface area (Å²) in [7, 11) is 1.32. The minimum Gasteiger partial charge on any atom is -0.494 e. The van der Waals surface area contributed by atoms with Gasteiger partial charge in [-0.05, 0) is 5.92 Å². The first-order valence-electron chi connectivity index (χ1n) is 5.20. The van der Waals surface area contributed by atoms with Crippen LogP contribution >= 0.6 is 23.4 Å². The van der Waals surface area contributed by atoms with Crippen molar-refractivity contribution in [3.05, 3.63) is 28.1 Å². The summed E-state index contributed by atoms with van der Waals surface area (Å²) in [5.41, 5.74) is -0.250. The Bertz CT molecular complexity index is 445. The molecule has 7 heteroatoms. The van der Waals surface area contributed by atoms with Crippen LogP contribution in [0.25, 0.3) is 0 Å². The molecule has 0 aliphatic carbocycles. The van der Waals surface area contributed by atoms with Gasteiger partial charge in [0.05, 0.1) is 23.0 Å². The van der Waals surface area contributed by atoms with E-state index < -0.39 is 10.7 Å². The number of methoxy groups -OCH3 is 1. The first-order chi connectivity index (χ1) is 8.49. The Morgan fingerprint density at radius 2 is 2.28 bits per heavy atom. The average Bonchev–Trinajstić information content (AvgIpc) is 2.36. The quantitative estimate of drug-likeness (QED) is 0.347. The number of thioether (sulfide) groups is 1. The molecule has 0 saturated heterocycles. The minimum absolute atomic E-state index is 0.00151. The van der Waals surface area contributed by atoms with Crippen LogP contribution in [0.3, 0.4) is 0 Å². The lowest BCUT2D eigenvalue weighted by Crippen LogP contribution is -2.01. The summed E-state index contributed by atoms with van der Waals surface area (Å²) < 4.78 is 18.2. The molecular weight excluding hydrogens is 281 g/mol. The molecule has 0 fully saturated rings. The van der Waals surface area contributed by atoms with Crippen molar-refractivity contribution >= 4 is 29.1 Å². The molecule has 1 atom stereocenters. The van der Waals surface area contributed by atoms with Gasteiger partial charge in [0.2, 0.25) is 0 Å². The van der Waals surface area contributed by atoms with Crippen LogP contribution in [0.1, 0.15) is 6.92 Å². The lowest BCUT2D eigenvalue weighted by atomic mass is 10.3. The number of alkyl halides is 1. The molecule has 1 unspecified atom stereocenters. The number of hydrogen-bond acceptors (Lipinski definition) is 4. The van der Waals surface area contributed by atoms with Crippen LogP contribution in [0.2, 0.25) is 0 Å². The summed E-state index contributed by atoms with van der Waals surface area (Å²) in [6, 6.07) is 2.23. The van der Waals surface area contributed by atoms with Gasteiger partial charge in [0.25, 0.3) is 5.69 Å². The molecule has 1 rings (SSSR count). The Hall–Kier alpha value is -1.01. The van der Waals surface area contributed by atoms with Gasteiger partial charge in [-0.2, -0.15) is 0 Å². The van der Waals surface area contributed by atoms with Gasteiger partial charge in [-0.3, -0.25) is 10.1 Å². The summed E-state index contributed by atoms with van der Waals surface area (Å²) in [6.07, 6.45) is 0. The highest BCUT2D eigenvalue weighted by Crippen LogP contribution is 2.35. The molecule has 0 bridgehead atoms. The van der Waals surface area contributed by atoms with Crippen LogP contribution < -0.4 is 4.74 Å². The van der Waals surface area contributed by atoms with Gasteiger partial charge in [-0.1, -0.05) is 6.92 Å². The number of ether oxygens (including phenoxy) is 1. The minimum atomic E-state index is -0.737. The molecule has 0 radical (unpaired) electrons. The first kappa shape index (κ1) is 15.0. The van der Waals surface area contributed by atoms with Crippen molar-refractivity contribution in [3.63, 3.8) is 0 Å². The number of nitro benzene ring substituents is 1. The predicted molar refractivity (Wildman–Crippen MR) is 70.2 cm³/mol. The summed E-state index contributed by atoms with van der Waals surface area (Å²) in [5, 5.41) is 10.8. The number of hydrogen-bond donors (Lipinski definition) is 0. The monoisotopic (exact) mass is 293 g/mol. The molecule has 4 nitrogen and oxygen atoms in total. The Morgan fingerprint density at radius 1 is 1.61 bits per heavy atom. The van der Waals surface area contributed by atoms with Crippen molar-refractivity contribution in [2.75, 3.05) is 18.7 Å². The third kappa shape index (κ3) is 3.74. The number of halogens is 2. The Labute approximate surface area is 114 Å². The lowest BCUT2D eigenvalue weighted by molar-refractivity contribution is -0.387. The van der Waals surface area contributed by atoms with Crippen molar-refractivity contribution < 1.29 is 14.1 Å². The molecule has 0 aliphatic heterocycles. The smallest absolute Gasteiger partial charge is 0.286 e. The highest BCUT2D eigenvalue weighted by molar-refractivity contribution is 7.99. The Morgan fingerprint density at radius 3 is 2.78 bits per heavy atom. The van der Waals surface area contributed by atoms with E-state index in [1.54, 1.807) is 0 Å². The highest BCUT2D eigenvalue weighted by atomic mass is 35.5. The molecule has 0 N–H and O–H groups in total. The third-order valence-electron chi connectivity index (χ3n) is 2.22. The number of nitrogens with zero attached hydrogens (tertiary/aromatic N) is 1. The average molecular weight is 294 g/mol. The summed E-state index contributed by atoms with van der Waals surface area (Å²) >= 11 is 6.95. The van der Waals surface area contributed by atoms with Crippen LogP contribution in [0.4, 0.5) is 10.1 Å². The van der Waals surface area contributed by atoms with Crippen molar-refractivity contribution in [3.8, 4) is 5.75 Å². The zero-order chi connectivity index (χ0) is 13.7. The number of rotatable bonds is 6. The Kier molecular flexibility index (Phi) is 5.68. The molecule has 0 spiro atoms. The molecule has 0 heterocycles. The van der Waals surface area contributed by atoms with E-state index in [9.17, 15) is 14.5 Å². The number of nitro groups is 1. The van der Waals surface area contributed by atoms with Crippen molar-refractivity contribution in [2.45, 2.75) is 11.8 Å². The van der Waals surface area contributed by atoms with Gasteiger partial charge in [-0.15, -0.1) is 23.4 Å². The van der Waals surface area contributed by atoms with Gasteiger partial charge in [-0.25, -0.2) is 4.39 Å². The van der Waals surface area contributed by atoms with E-state index in [1.165, 1.54) is 24.9 Å². The summed E-state index contributed by atoms with van der Waals surface area (Å²) in [4.78, 5) is 10.6. The molecule has 18 heavy (non-hydrogen) atoms. The molecule has 1 aromatic rings. The fraction of sp³-hybridized carbons (Fsp3) is 0.455. The van der Waals surface area contributed by atoms with Crippen molar-refractivity contribution in [1.82, 2.24) is 0 Å². The fourth-order valence-electron chi connectivity index (χ4n) is 1.22. The van der Waals surface area contributed by atoms with Gasteiger partial charge >= 0.3 is 0 Å². The van der Waals surface area contributed by atoms with Gasteiger partial charge < -0.3 is 4.74 Å². The first-order valence-corrected chi connectivity index (χ1v) is 6.72. The van der Waals surface area contributed by atoms with Crippen LogP contribution in [-0.4, -0.2) is 23.7 Å². The standard InChI is InChI=1S/C11H13ClFNO3S/c1-7(5-12)6-18-11-4-10(17-2)8(13)3-9(11)14(15)16/h3-4,7H,5-6H2,1-2H3. The molecule has 1 aromatic carbocycles. The summed E-state index contributed by atoms with van der Waals surface area (Å²) in [6.45, 7) is 1.94. The summed E-state index contributed by atoms with van der Waals surface area (Å²) in [5.74, 6) is 0.575. The maximum Gasteiger partial charge on any atom is 0.286 e. The van der Waals surface area contributed by atoms with Crippen LogP contribution in [0.15, 0.2) is 17.0 Å². The maximum absolute atomic E-state index is 13.4. The van der Waals surface area contributed by atoms with Crippen LogP contribution in [-0.2, 0) is 0 Å². The topological polar surface area (TPSA) is 52.4 Å². The lowest BCUT2D eigenvalue weighted by Gasteiger charge is -2.09. The molecular formula is C11H13ClFNO3S. The van der Waals surface area contributed by atoms with E-state index in [-0.39, 0.29) is 17.4 Å².